The van der Waals surface area contributed by atoms with Crippen LogP contribution in [0.4, 0.5) is 8.78 Å². The van der Waals surface area contributed by atoms with Crippen LogP contribution in [0.25, 0.3) is 22.6 Å². The normalized spacial score (nSPS) is 12.3. The van der Waals surface area contributed by atoms with Gasteiger partial charge in [0.15, 0.2) is 11.5 Å². The van der Waals surface area contributed by atoms with Crippen LogP contribution in [-0.4, -0.2) is 97.1 Å². The number of furan rings is 2. The van der Waals surface area contributed by atoms with Crippen LogP contribution in [0.2, 0.25) is 0 Å². The summed E-state index contributed by atoms with van der Waals surface area (Å²) in [7, 11) is -3.43. The zero-order valence-corrected chi connectivity index (χ0v) is 53.7. The van der Waals surface area contributed by atoms with E-state index in [1.807, 2.05) is 13.8 Å². The molecule has 2 heterocycles. The number of nitrogens with zero attached hydrogens (tertiary/aromatic N) is 2. The summed E-state index contributed by atoms with van der Waals surface area (Å²) in [5, 5.41) is 12.0. The van der Waals surface area contributed by atoms with Crippen LogP contribution in [-0.2, 0) is 33.4 Å². The van der Waals surface area contributed by atoms with Crippen LogP contribution >= 0.6 is 8.25 Å². The number of benzene rings is 4. The predicted octanol–water partition coefficient (Wildman–Crippen LogP) is 11.8. The maximum atomic E-state index is 14.7. The Morgan fingerprint density at radius 1 is 0.533 bits per heavy atom. The molecular weight excluding hydrogens is 1220 g/mol. The van der Waals surface area contributed by atoms with Crippen LogP contribution in [0.5, 0.6) is 23.0 Å². The van der Waals surface area contributed by atoms with Gasteiger partial charge in [-0.2, -0.15) is 10.1 Å². The Hall–Kier alpha value is -9.51. The first-order valence-electron chi connectivity index (χ1n) is 30.5. The van der Waals surface area contributed by atoms with Crippen LogP contribution in [0.15, 0.2) is 106 Å². The summed E-state index contributed by atoms with van der Waals surface area (Å²) in [4.78, 5) is 116. The van der Waals surface area contributed by atoms with Crippen LogP contribution in [0.1, 0.15) is 159 Å². The summed E-state index contributed by atoms with van der Waals surface area (Å²) < 4.78 is 78.1. The Morgan fingerprint density at radius 3 is 1.27 bits per heavy atom. The number of hydroxylamine groups is 4. The zero-order chi connectivity index (χ0) is 66.9. The second-order valence-electron chi connectivity index (χ2n) is 21.2. The number of ether oxygens (including phenoxy) is 2. The second-order valence-corrected chi connectivity index (χ2v) is 22.1. The average Bonchev–Trinajstić information content (AvgIpc) is 1.54. The summed E-state index contributed by atoms with van der Waals surface area (Å²) in [6.45, 7) is 13.7. The van der Waals surface area contributed by atoms with Gasteiger partial charge in [-0.1, -0.05) is 90.5 Å². The van der Waals surface area contributed by atoms with E-state index in [1.165, 1.54) is 86.6 Å². The largest absolute Gasteiger partial charge is 0.494 e. The number of halogens is 2. The van der Waals surface area contributed by atoms with Crippen molar-refractivity contribution in [2.24, 2.45) is 11.8 Å². The third-order valence-corrected chi connectivity index (χ3v) is 15.6. The number of carbonyl (C=O) groups is 8. The van der Waals surface area contributed by atoms with Crippen molar-refractivity contribution in [3.05, 3.63) is 142 Å². The van der Waals surface area contributed by atoms with Gasteiger partial charge in [0.25, 0.3) is 11.8 Å². The third-order valence-electron chi connectivity index (χ3n) is 14.8. The fourth-order valence-corrected chi connectivity index (χ4v) is 10.9. The highest BCUT2D eigenvalue weighted by Crippen LogP contribution is 2.39. The number of rotatable bonds is 38. The Kier molecular flexibility index (Phi) is 27.8. The molecule has 6 aromatic rings. The smallest absolute Gasteiger partial charge is 0.418 e. The molecule has 0 saturated carbocycles. The Bertz CT molecular complexity index is 3270. The summed E-state index contributed by atoms with van der Waals surface area (Å²) >= 11 is 0. The highest BCUT2D eigenvalue weighted by molar-refractivity contribution is 7.34. The third kappa shape index (κ3) is 19.7. The molecular formula is C66H79F2N6O17P. The topological polar surface area (TPSA) is 290 Å². The van der Waals surface area contributed by atoms with Crippen LogP contribution < -0.4 is 39.8 Å². The molecule has 0 spiro atoms. The van der Waals surface area contributed by atoms with Crippen LogP contribution in [0, 0.1) is 37.3 Å². The first-order chi connectivity index (χ1) is 44.3. The maximum absolute atomic E-state index is 14.7. The fraction of sp³-hybridized carbons (Fsp3) is 0.394. The molecule has 2 aromatic heterocycles. The van der Waals surface area contributed by atoms with Crippen molar-refractivity contribution in [3.8, 4) is 45.6 Å². The molecule has 26 heteroatoms. The SMILES string of the molecule is CCCCC[C@@H](C(=O)NCNC(=O)c1ccc(-c2cc(OCC)cc(O[PH](=O)Oc3cc(OCC)cc(-c4ccc(C(=O)NCNC(=O)[C@H](CCCCC)[C@@H](CC)N(C=O)OC(=O)c5c(C)cccc5F)o4)c3)c2)o1)[C@@H](CC)N(C=O)OC(=O)c1c(C)cccc1F. The molecule has 0 bridgehead atoms. The maximum Gasteiger partial charge on any atom is 0.418 e. The van der Waals surface area contributed by atoms with Gasteiger partial charge in [-0.05, 0) is 125 Å². The molecule has 23 nitrogen and oxygen atoms in total. The minimum absolute atomic E-state index is 0.0421. The highest BCUT2D eigenvalue weighted by Gasteiger charge is 2.36. The Balaban J connectivity index is 1.08. The number of carbonyl (C=O) groups excluding carboxylic acids is 8. The standard InChI is InChI=1S/C66H79F2N6O17P/c1-9-15-17-23-49(53(11-3)73(39-75)88-65(81)59-41(7)21-19-25-51(59)67)61(77)69-37-71-63(79)57-29-27-55(86-57)43-31-45(84-13-5)35-47(33-43)90-92(83)91-48-34-44(32-46(36-48)85-14-6)56-28-30-58(87-56)64(80)72-38-70-62(78)50(24-18-16-10-2)54(12-4)74(40-76)89-66(82)60-42(8)22-20-26-52(60)68/h19-22,25-36,39-40,49-50,53-54,92H,9-18,23-24,37-38H2,1-8H3,(H,69,77)(H,70,78)(H,71,79)(H,72,80)/t49-,50-,53-,54-/m1/s1. The molecule has 4 N–H and O–H groups in total. The van der Waals surface area contributed by atoms with Gasteiger partial charge in [0.05, 0.1) is 50.5 Å². The quantitative estimate of drug-likeness (QED) is 0.00921. The first kappa shape index (κ1) is 71.6. The van der Waals surface area contributed by atoms with E-state index in [1.54, 1.807) is 39.8 Å². The predicted molar refractivity (Wildman–Crippen MR) is 334 cm³/mol. The van der Waals surface area contributed by atoms with E-state index in [-0.39, 0.29) is 97.9 Å². The number of aryl methyl sites for hydroxylation is 2. The number of hydrogen-bond acceptors (Lipinski definition) is 17. The minimum Gasteiger partial charge on any atom is -0.494 e. The van der Waals surface area contributed by atoms with Gasteiger partial charge in [0.1, 0.15) is 57.3 Å². The molecule has 0 unspecified atom stereocenters. The van der Waals surface area contributed by atoms with E-state index >= 15 is 0 Å². The second kappa shape index (κ2) is 35.8. The van der Waals surface area contributed by atoms with Crippen molar-refractivity contribution in [1.29, 1.82) is 0 Å². The van der Waals surface area contributed by atoms with Crippen molar-refractivity contribution in [3.63, 3.8) is 0 Å². The van der Waals surface area contributed by atoms with Gasteiger partial charge in [-0.15, -0.1) is 0 Å². The number of unbranched alkanes of at least 4 members (excludes halogenated alkanes) is 4. The summed E-state index contributed by atoms with van der Waals surface area (Å²) in [5.41, 5.74) is 0.625. The van der Waals surface area contributed by atoms with Crippen molar-refractivity contribution in [1.82, 2.24) is 31.4 Å². The molecule has 92 heavy (non-hydrogen) atoms. The number of amides is 6. The van der Waals surface area contributed by atoms with Crippen LogP contribution in [0.3, 0.4) is 0 Å². The molecule has 494 valence electrons. The van der Waals surface area contributed by atoms with E-state index in [9.17, 15) is 51.7 Å². The molecule has 6 rings (SSSR count). The molecule has 4 atom stereocenters. The van der Waals surface area contributed by atoms with E-state index in [0.717, 1.165) is 47.9 Å². The molecule has 6 amide bonds. The van der Waals surface area contributed by atoms with Gasteiger partial charge in [0.2, 0.25) is 24.6 Å². The Morgan fingerprint density at radius 2 is 0.924 bits per heavy atom. The highest BCUT2D eigenvalue weighted by atomic mass is 31.1. The van der Waals surface area contributed by atoms with Gasteiger partial charge in [-0.3, -0.25) is 28.8 Å². The van der Waals surface area contributed by atoms with Gasteiger partial charge >= 0.3 is 20.2 Å². The van der Waals surface area contributed by atoms with E-state index in [4.69, 9.17) is 37.0 Å². The molecule has 0 radical (unpaired) electrons. The van der Waals surface area contributed by atoms with E-state index < -0.39 is 79.4 Å². The molecule has 0 fully saturated rings. The molecule has 0 saturated heterocycles. The Labute approximate surface area is 533 Å². The monoisotopic (exact) mass is 1300 g/mol. The summed E-state index contributed by atoms with van der Waals surface area (Å²) in [6, 6.07) is 21.2. The molecule has 0 aliphatic carbocycles. The van der Waals surface area contributed by atoms with Crippen molar-refractivity contribution < 1.29 is 88.7 Å². The summed E-state index contributed by atoms with van der Waals surface area (Å²) in [6.07, 6.45) is 5.93. The number of hydrogen-bond donors (Lipinski definition) is 4. The molecule has 0 aliphatic heterocycles. The molecule has 4 aromatic carbocycles. The lowest BCUT2D eigenvalue weighted by atomic mass is 9.90. The van der Waals surface area contributed by atoms with Crippen molar-refractivity contribution >= 4 is 56.6 Å². The first-order valence-corrected chi connectivity index (χ1v) is 31.7. The minimum atomic E-state index is -3.43. The molecule has 0 aliphatic rings. The van der Waals surface area contributed by atoms with Gasteiger partial charge in [0, 0.05) is 23.3 Å². The lowest BCUT2D eigenvalue weighted by Gasteiger charge is -2.32. The number of nitrogens with one attached hydrogen (secondary N) is 4. The fourth-order valence-electron chi connectivity index (χ4n) is 10.3. The lowest BCUT2D eigenvalue weighted by Crippen LogP contribution is -2.49. The summed E-state index contributed by atoms with van der Waals surface area (Å²) in [5.74, 6) is -7.35. The lowest BCUT2D eigenvalue weighted by molar-refractivity contribution is -0.171. The van der Waals surface area contributed by atoms with Crippen molar-refractivity contribution in [2.75, 3.05) is 26.6 Å². The van der Waals surface area contributed by atoms with E-state index in [0.29, 0.717) is 59.4 Å². The zero-order valence-electron chi connectivity index (χ0n) is 52.7. The van der Waals surface area contributed by atoms with Gasteiger partial charge in [-0.25, -0.2) is 22.9 Å². The average molecular weight is 1300 g/mol. The van der Waals surface area contributed by atoms with Crippen molar-refractivity contribution in [2.45, 2.75) is 132 Å². The van der Waals surface area contributed by atoms with E-state index in [2.05, 4.69) is 21.3 Å². The van der Waals surface area contributed by atoms with Gasteiger partial charge < -0.3 is 58.3 Å².